The first kappa shape index (κ1) is 14.5. The second-order valence-corrected chi connectivity index (χ2v) is 6.72. The molecule has 1 unspecified atom stereocenters. The van der Waals surface area contributed by atoms with Crippen molar-refractivity contribution in [1.29, 1.82) is 0 Å². The van der Waals surface area contributed by atoms with Crippen molar-refractivity contribution in [3.63, 3.8) is 0 Å². The molecular formula is C12H11BrN2O2S2. The average Bonchev–Trinajstić information content (AvgIpc) is 2.83. The molecule has 0 bridgehead atoms. The Labute approximate surface area is 126 Å². The van der Waals surface area contributed by atoms with Crippen molar-refractivity contribution in [2.45, 2.75) is 11.8 Å². The molecule has 19 heavy (non-hydrogen) atoms. The number of carbonyl (C=O) groups is 1. The Kier molecular flexibility index (Phi) is 5.00. The predicted octanol–water partition coefficient (Wildman–Crippen LogP) is 2.78. The molecule has 1 atom stereocenters. The van der Waals surface area contributed by atoms with Gasteiger partial charge >= 0.3 is 0 Å². The minimum Gasteiger partial charge on any atom is -0.592 e. The van der Waals surface area contributed by atoms with Crippen molar-refractivity contribution >= 4 is 44.5 Å². The highest BCUT2D eigenvalue weighted by Crippen LogP contribution is 2.22. The number of amides is 1. The zero-order chi connectivity index (χ0) is 13.8. The van der Waals surface area contributed by atoms with Crippen molar-refractivity contribution < 1.29 is 9.35 Å². The van der Waals surface area contributed by atoms with E-state index >= 15 is 0 Å². The van der Waals surface area contributed by atoms with Gasteiger partial charge in [0.25, 0.3) is 5.91 Å². The van der Waals surface area contributed by atoms with E-state index in [1.54, 1.807) is 23.6 Å². The molecule has 4 nitrogen and oxygen atoms in total. The van der Waals surface area contributed by atoms with Gasteiger partial charge < -0.3 is 4.55 Å². The minimum atomic E-state index is -1.47. The molecule has 2 N–H and O–H groups in total. The smallest absolute Gasteiger partial charge is 0.279 e. The fourth-order valence-electron chi connectivity index (χ4n) is 1.33. The lowest BCUT2D eigenvalue weighted by Crippen LogP contribution is -2.41. The van der Waals surface area contributed by atoms with E-state index in [9.17, 15) is 9.35 Å². The zero-order valence-corrected chi connectivity index (χ0v) is 13.2. The number of thiophene rings is 1. The largest absolute Gasteiger partial charge is 0.592 e. The number of benzene rings is 1. The van der Waals surface area contributed by atoms with Crippen LogP contribution in [0.25, 0.3) is 0 Å². The number of hydrogen-bond donors (Lipinski definition) is 2. The van der Waals surface area contributed by atoms with E-state index in [2.05, 4.69) is 26.2 Å². The summed E-state index contributed by atoms with van der Waals surface area (Å²) in [7, 11) is 0. The fourth-order valence-corrected chi connectivity index (χ4v) is 3.46. The van der Waals surface area contributed by atoms with Crippen molar-refractivity contribution in [1.82, 2.24) is 10.3 Å². The van der Waals surface area contributed by atoms with E-state index in [0.717, 1.165) is 10.0 Å². The van der Waals surface area contributed by atoms with Crippen LogP contribution in [0, 0.1) is 6.92 Å². The van der Waals surface area contributed by atoms with Gasteiger partial charge in [-0.15, -0.1) is 11.3 Å². The van der Waals surface area contributed by atoms with E-state index < -0.39 is 11.4 Å². The summed E-state index contributed by atoms with van der Waals surface area (Å²) in [5.74, 6) is -0.317. The Hall–Kier alpha value is -0.860. The summed E-state index contributed by atoms with van der Waals surface area (Å²) in [4.78, 5) is 15.4. The molecule has 0 spiro atoms. The molecule has 100 valence electrons. The highest BCUT2D eigenvalue weighted by atomic mass is 79.9. The lowest BCUT2D eigenvalue weighted by atomic mass is 10.2. The number of hydrazine groups is 1. The van der Waals surface area contributed by atoms with Crippen LogP contribution in [0.2, 0.25) is 0 Å². The Morgan fingerprint density at radius 1 is 1.32 bits per heavy atom. The molecule has 0 aliphatic rings. The first-order valence-corrected chi connectivity index (χ1v) is 8.17. The van der Waals surface area contributed by atoms with Crippen LogP contribution in [0.5, 0.6) is 0 Å². The number of halogens is 1. The lowest BCUT2D eigenvalue weighted by molar-refractivity contribution is 0.0948. The maximum absolute atomic E-state index is 11.9. The number of hydrogen-bond acceptors (Lipinski definition) is 4. The summed E-state index contributed by atoms with van der Waals surface area (Å²) in [5.41, 5.74) is 3.52. The van der Waals surface area contributed by atoms with E-state index in [1.807, 2.05) is 19.1 Å². The Bertz CT molecular complexity index is 571. The second kappa shape index (κ2) is 6.53. The van der Waals surface area contributed by atoms with Crippen molar-refractivity contribution in [3.05, 3.63) is 50.6 Å². The molecule has 7 heteroatoms. The van der Waals surface area contributed by atoms with Gasteiger partial charge in [-0.2, -0.15) is 0 Å². The Morgan fingerprint density at radius 3 is 2.58 bits per heavy atom. The Morgan fingerprint density at radius 2 is 2.00 bits per heavy atom. The highest BCUT2D eigenvalue weighted by molar-refractivity contribution is 9.10. The van der Waals surface area contributed by atoms with Crippen LogP contribution in [0.15, 0.2) is 45.1 Å². The molecule has 1 amide bonds. The topological polar surface area (TPSA) is 64.2 Å². The lowest BCUT2D eigenvalue weighted by Gasteiger charge is -2.11. The van der Waals surface area contributed by atoms with Crippen LogP contribution in [0.4, 0.5) is 0 Å². The van der Waals surface area contributed by atoms with Gasteiger partial charge in [0.2, 0.25) is 0 Å². The highest BCUT2D eigenvalue weighted by Gasteiger charge is 2.15. The number of nitrogens with one attached hydrogen (secondary N) is 2. The summed E-state index contributed by atoms with van der Waals surface area (Å²) < 4.78 is 12.6. The third-order valence-corrected chi connectivity index (χ3v) is 5.14. The zero-order valence-electron chi connectivity index (χ0n) is 9.98. The normalized spacial score (nSPS) is 12.2. The van der Waals surface area contributed by atoms with Gasteiger partial charge in [0, 0.05) is 4.47 Å². The third-order valence-electron chi connectivity index (χ3n) is 2.32. The quantitative estimate of drug-likeness (QED) is 0.652. The average molecular weight is 359 g/mol. The van der Waals surface area contributed by atoms with Crippen molar-refractivity contribution in [2.24, 2.45) is 0 Å². The van der Waals surface area contributed by atoms with Gasteiger partial charge in [0.1, 0.15) is 4.88 Å². The molecule has 2 aromatic rings. The SMILES string of the molecule is Cc1ccc([S+]([O-])NNC(=O)c2sccc2Br)cc1. The molecule has 2 rings (SSSR count). The van der Waals surface area contributed by atoms with Crippen LogP contribution in [0.1, 0.15) is 15.2 Å². The van der Waals surface area contributed by atoms with Crippen molar-refractivity contribution in [3.8, 4) is 0 Å². The molecule has 1 aromatic carbocycles. The van der Waals surface area contributed by atoms with Crippen LogP contribution >= 0.6 is 27.3 Å². The third kappa shape index (κ3) is 3.80. The molecule has 0 saturated heterocycles. The van der Waals surface area contributed by atoms with E-state index in [-0.39, 0.29) is 5.91 Å². The van der Waals surface area contributed by atoms with Crippen molar-refractivity contribution in [2.75, 3.05) is 0 Å². The maximum Gasteiger partial charge on any atom is 0.279 e. The molecule has 0 saturated carbocycles. The van der Waals surface area contributed by atoms with E-state index in [0.29, 0.717) is 9.77 Å². The molecule has 0 radical (unpaired) electrons. The summed E-state index contributed by atoms with van der Waals surface area (Å²) in [5, 5.41) is 1.80. The summed E-state index contributed by atoms with van der Waals surface area (Å²) in [6.45, 7) is 1.95. The minimum absolute atomic E-state index is 0.317. The molecule has 1 heterocycles. The second-order valence-electron chi connectivity index (χ2n) is 3.74. The molecular weight excluding hydrogens is 348 g/mol. The van der Waals surface area contributed by atoms with Gasteiger partial charge in [-0.1, -0.05) is 17.7 Å². The monoisotopic (exact) mass is 358 g/mol. The van der Waals surface area contributed by atoms with Gasteiger partial charge in [-0.05, 0) is 51.3 Å². The first-order chi connectivity index (χ1) is 9.08. The number of rotatable bonds is 4. The fraction of sp³-hybridized carbons (Fsp3) is 0.0833. The number of aryl methyl sites for hydroxylation is 1. The van der Waals surface area contributed by atoms with Gasteiger partial charge in [0.05, 0.1) is 11.4 Å². The molecule has 0 aliphatic carbocycles. The van der Waals surface area contributed by atoms with Gasteiger partial charge in [0.15, 0.2) is 4.90 Å². The summed E-state index contributed by atoms with van der Waals surface area (Å²) >= 11 is 3.11. The maximum atomic E-state index is 11.9. The van der Waals surface area contributed by atoms with Gasteiger partial charge in [-0.3, -0.25) is 4.79 Å². The first-order valence-electron chi connectivity index (χ1n) is 5.35. The van der Waals surface area contributed by atoms with E-state index in [1.165, 1.54) is 11.3 Å². The Balaban J connectivity index is 1.94. The van der Waals surface area contributed by atoms with Crippen LogP contribution in [0.3, 0.4) is 0 Å². The molecule has 0 aliphatic heterocycles. The standard InChI is InChI=1S/C12H11BrN2O2S2/c1-8-2-4-9(5-3-8)19(17)15-14-12(16)11-10(13)6-7-18-11/h2-7,15H,1H3,(H,14,16). The summed E-state index contributed by atoms with van der Waals surface area (Å²) in [6, 6.07) is 9.03. The molecule has 1 aromatic heterocycles. The van der Waals surface area contributed by atoms with E-state index in [4.69, 9.17) is 0 Å². The molecule has 0 fully saturated rings. The predicted molar refractivity (Wildman–Crippen MR) is 80.2 cm³/mol. The van der Waals surface area contributed by atoms with Crippen LogP contribution in [-0.4, -0.2) is 10.5 Å². The van der Waals surface area contributed by atoms with Crippen LogP contribution < -0.4 is 10.3 Å². The number of carbonyl (C=O) groups excluding carboxylic acids is 1. The summed E-state index contributed by atoms with van der Waals surface area (Å²) in [6.07, 6.45) is 0. The van der Waals surface area contributed by atoms with Gasteiger partial charge in [-0.25, -0.2) is 5.43 Å². The van der Waals surface area contributed by atoms with Crippen LogP contribution in [-0.2, 0) is 11.4 Å².